The van der Waals surface area contributed by atoms with Gasteiger partial charge in [-0.3, -0.25) is 4.79 Å². The van der Waals surface area contributed by atoms with Gasteiger partial charge >= 0.3 is 0 Å². The molecule has 3 N–H and O–H groups in total. The highest BCUT2D eigenvalue weighted by molar-refractivity contribution is 5.77. The van der Waals surface area contributed by atoms with Crippen LogP contribution in [0.4, 0.5) is 0 Å². The van der Waals surface area contributed by atoms with Crippen LogP contribution in [-0.4, -0.2) is 11.9 Å². The first-order valence-electron chi connectivity index (χ1n) is 5.70. The number of carbonyl (C=O) groups excluding carboxylic acids is 1. The summed E-state index contributed by atoms with van der Waals surface area (Å²) in [6.45, 7) is 4.16. The molecule has 1 amide bonds. The first-order chi connectivity index (χ1) is 7.58. The van der Waals surface area contributed by atoms with E-state index in [1.807, 2.05) is 0 Å². The van der Waals surface area contributed by atoms with Crippen molar-refractivity contribution in [2.45, 2.75) is 38.8 Å². The van der Waals surface area contributed by atoms with Crippen LogP contribution in [0.25, 0.3) is 0 Å². The quantitative estimate of drug-likeness (QED) is 0.752. The zero-order valence-corrected chi connectivity index (χ0v) is 9.79. The number of hydrogen-bond donors (Lipinski definition) is 2. The summed E-state index contributed by atoms with van der Waals surface area (Å²) >= 11 is 0. The number of benzene rings is 1. The van der Waals surface area contributed by atoms with Crippen molar-refractivity contribution < 1.29 is 4.79 Å². The minimum absolute atomic E-state index is 0.0273. The third-order valence-electron chi connectivity index (χ3n) is 3.34. The Morgan fingerprint density at radius 1 is 1.31 bits per heavy atom. The van der Waals surface area contributed by atoms with Crippen molar-refractivity contribution in [3.8, 4) is 0 Å². The molecule has 16 heavy (non-hydrogen) atoms. The number of piperidine rings is 1. The van der Waals surface area contributed by atoms with Crippen molar-refractivity contribution in [1.29, 1.82) is 0 Å². The van der Waals surface area contributed by atoms with Crippen molar-refractivity contribution in [3.63, 3.8) is 0 Å². The molecule has 86 valence electrons. The molecule has 1 aliphatic heterocycles. The van der Waals surface area contributed by atoms with E-state index in [4.69, 9.17) is 5.73 Å². The molecule has 0 aliphatic carbocycles. The van der Waals surface area contributed by atoms with Crippen molar-refractivity contribution in [1.82, 2.24) is 5.32 Å². The molecule has 2 unspecified atom stereocenters. The second-order valence-electron chi connectivity index (χ2n) is 4.59. The predicted octanol–water partition coefficient (Wildman–Crippen LogP) is 1.58. The Bertz CT molecular complexity index is 414. The van der Waals surface area contributed by atoms with Crippen molar-refractivity contribution in [2.24, 2.45) is 5.73 Å². The van der Waals surface area contributed by atoms with Gasteiger partial charge in [0, 0.05) is 12.5 Å². The molecule has 1 heterocycles. The average Bonchev–Trinajstić information content (AvgIpc) is 2.26. The summed E-state index contributed by atoms with van der Waals surface area (Å²) in [6, 6.07) is 6.25. The van der Waals surface area contributed by atoms with E-state index in [2.05, 4.69) is 37.4 Å². The van der Waals surface area contributed by atoms with Gasteiger partial charge in [0.1, 0.15) is 0 Å². The van der Waals surface area contributed by atoms with Crippen LogP contribution in [0, 0.1) is 13.8 Å². The molecule has 1 aliphatic rings. The largest absolute Gasteiger partial charge is 0.348 e. The first-order valence-corrected chi connectivity index (χ1v) is 5.70. The molecule has 2 rings (SSSR count). The van der Waals surface area contributed by atoms with Crippen molar-refractivity contribution >= 4 is 5.91 Å². The summed E-state index contributed by atoms with van der Waals surface area (Å²) in [5.41, 5.74) is 9.66. The number of rotatable bonds is 1. The third kappa shape index (κ3) is 2.09. The minimum Gasteiger partial charge on any atom is -0.348 e. The fourth-order valence-corrected chi connectivity index (χ4v) is 2.11. The summed E-state index contributed by atoms with van der Waals surface area (Å²) in [4.78, 5) is 11.4. The van der Waals surface area contributed by atoms with Crippen LogP contribution in [0.5, 0.6) is 0 Å². The van der Waals surface area contributed by atoms with Crippen LogP contribution in [0.3, 0.4) is 0 Å². The Morgan fingerprint density at radius 3 is 2.75 bits per heavy atom. The van der Waals surface area contributed by atoms with Gasteiger partial charge in [-0.1, -0.05) is 18.2 Å². The van der Waals surface area contributed by atoms with Gasteiger partial charge in [-0.15, -0.1) is 0 Å². The Balaban J connectivity index is 2.28. The average molecular weight is 218 g/mol. The SMILES string of the molecule is Cc1ccc(C2NC(=O)CCC2N)cc1C. The lowest BCUT2D eigenvalue weighted by atomic mass is 9.91. The second-order valence-corrected chi connectivity index (χ2v) is 4.59. The predicted molar refractivity (Wildman–Crippen MR) is 64.0 cm³/mol. The van der Waals surface area contributed by atoms with E-state index >= 15 is 0 Å². The topological polar surface area (TPSA) is 55.1 Å². The lowest BCUT2D eigenvalue weighted by Gasteiger charge is -2.30. The molecular weight excluding hydrogens is 200 g/mol. The van der Waals surface area contributed by atoms with Crippen LogP contribution in [0.2, 0.25) is 0 Å². The summed E-state index contributed by atoms with van der Waals surface area (Å²) in [5, 5.41) is 2.97. The van der Waals surface area contributed by atoms with Gasteiger partial charge < -0.3 is 11.1 Å². The molecule has 1 saturated heterocycles. The van der Waals surface area contributed by atoms with E-state index < -0.39 is 0 Å². The molecular formula is C13H18N2O. The molecule has 0 aromatic heterocycles. The zero-order chi connectivity index (χ0) is 11.7. The fraction of sp³-hybridized carbons (Fsp3) is 0.462. The maximum atomic E-state index is 11.4. The molecule has 1 fully saturated rings. The first kappa shape index (κ1) is 11.1. The van der Waals surface area contributed by atoms with Crippen LogP contribution in [0.15, 0.2) is 18.2 Å². The van der Waals surface area contributed by atoms with Crippen LogP contribution < -0.4 is 11.1 Å². The Labute approximate surface area is 96.0 Å². The van der Waals surface area contributed by atoms with Gasteiger partial charge in [0.15, 0.2) is 0 Å². The molecule has 3 heteroatoms. The van der Waals surface area contributed by atoms with Crippen molar-refractivity contribution in [2.75, 3.05) is 0 Å². The van der Waals surface area contributed by atoms with Gasteiger partial charge in [-0.2, -0.15) is 0 Å². The maximum absolute atomic E-state index is 11.4. The number of hydrogen-bond acceptors (Lipinski definition) is 2. The van der Waals surface area contributed by atoms with E-state index in [1.165, 1.54) is 11.1 Å². The standard InChI is InChI=1S/C13H18N2O/c1-8-3-4-10(7-9(8)2)13-11(14)5-6-12(16)15-13/h3-4,7,11,13H,5-6,14H2,1-2H3,(H,15,16). The number of carbonyl (C=O) groups is 1. The van der Waals surface area contributed by atoms with Crippen LogP contribution >= 0.6 is 0 Å². The van der Waals surface area contributed by atoms with Crippen molar-refractivity contribution in [3.05, 3.63) is 34.9 Å². The maximum Gasteiger partial charge on any atom is 0.220 e. The highest BCUT2D eigenvalue weighted by Crippen LogP contribution is 2.24. The van der Waals surface area contributed by atoms with Crippen LogP contribution in [0.1, 0.15) is 35.6 Å². The molecule has 0 bridgehead atoms. The number of nitrogens with one attached hydrogen (secondary N) is 1. The Morgan fingerprint density at radius 2 is 2.06 bits per heavy atom. The van der Waals surface area contributed by atoms with E-state index in [1.54, 1.807) is 0 Å². The lowest BCUT2D eigenvalue weighted by Crippen LogP contribution is -2.45. The minimum atomic E-state index is -0.0273. The monoisotopic (exact) mass is 218 g/mol. The zero-order valence-electron chi connectivity index (χ0n) is 9.79. The highest BCUT2D eigenvalue weighted by Gasteiger charge is 2.26. The summed E-state index contributed by atoms with van der Waals surface area (Å²) in [6.07, 6.45) is 1.31. The number of amides is 1. The van der Waals surface area contributed by atoms with E-state index in [9.17, 15) is 4.79 Å². The molecule has 0 radical (unpaired) electrons. The molecule has 0 spiro atoms. The van der Waals surface area contributed by atoms with Gasteiger partial charge in [-0.25, -0.2) is 0 Å². The normalized spacial score (nSPS) is 25.3. The van der Waals surface area contributed by atoms with E-state index in [0.717, 1.165) is 12.0 Å². The molecule has 1 aromatic carbocycles. The van der Waals surface area contributed by atoms with Gasteiger partial charge in [0.05, 0.1) is 6.04 Å². The van der Waals surface area contributed by atoms with Gasteiger partial charge in [-0.05, 0) is 37.0 Å². The number of aryl methyl sites for hydroxylation is 2. The fourth-order valence-electron chi connectivity index (χ4n) is 2.11. The lowest BCUT2D eigenvalue weighted by molar-refractivity contribution is -0.123. The molecule has 0 saturated carbocycles. The second kappa shape index (κ2) is 4.26. The van der Waals surface area contributed by atoms with Gasteiger partial charge in [0.2, 0.25) is 5.91 Å². The summed E-state index contributed by atoms with van der Waals surface area (Å²) in [7, 11) is 0. The number of nitrogens with two attached hydrogens (primary N) is 1. The summed E-state index contributed by atoms with van der Waals surface area (Å²) < 4.78 is 0. The van der Waals surface area contributed by atoms with Crippen LogP contribution in [-0.2, 0) is 4.79 Å². The van der Waals surface area contributed by atoms with Gasteiger partial charge in [0.25, 0.3) is 0 Å². The third-order valence-corrected chi connectivity index (χ3v) is 3.34. The Hall–Kier alpha value is -1.35. The molecule has 3 nitrogen and oxygen atoms in total. The summed E-state index contributed by atoms with van der Waals surface area (Å²) in [5.74, 6) is 0.102. The van der Waals surface area contributed by atoms with E-state index in [-0.39, 0.29) is 18.0 Å². The smallest absolute Gasteiger partial charge is 0.220 e. The van der Waals surface area contributed by atoms with E-state index in [0.29, 0.717) is 6.42 Å². The Kier molecular flexibility index (Phi) is 2.97. The molecule has 2 atom stereocenters. The molecule has 1 aromatic rings. The highest BCUT2D eigenvalue weighted by atomic mass is 16.1.